The van der Waals surface area contributed by atoms with Crippen molar-refractivity contribution < 1.29 is 9.47 Å². The van der Waals surface area contributed by atoms with Crippen LogP contribution >= 0.6 is 0 Å². The van der Waals surface area contributed by atoms with E-state index >= 15 is 0 Å². The van der Waals surface area contributed by atoms with Gasteiger partial charge in [-0.25, -0.2) is 0 Å². The maximum absolute atomic E-state index is 7.21. The van der Waals surface area contributed by atoms with Gasteiger partial charge < -0.3 is 14.4 Å². The SMILES string of the molecule is c1ccc(-c2ccc(N(c3ccc4c(c3)Oc3c(ccc5c3-c3ccccc3C53c5ccccc5-c5ccccc53)O4)c3ccc(-c4ccccc4)c(-c4ccccc4)c3)cc2)cc1. The van der Waals surface area contributed by atoms with Crippen molar-refractivity contribution in [2.75, 3.05) is 4.90 Å². The molecule has 64 heavy (non-hydrogen) atoms. The summed E-state index contributed by atoms with van der Waals surface area (Å²) >= 11 is 0. The standard InChI is InChI=1S/C61H39NO2/c1-4-16-40(17-5-1)41-28-30-44(31-29-41)62(45-32-34-47(42-18-6-2-7-19-42)51(38-45)43-20-8-3-9-21-43)46-33-36-56-58(39-46)64-60-57(63-56)37-35-55-59(60)50-24-12-15-27-54(50)61(55)52-25-13-10-22-48(52)49-23-11-14-26-53(49)61/h1-39H. The molecule has 13 rings (SSSR count). The van der Waals surface area contributed by atoms with Gasteiger partial charge in [0.1, 0.15) is 0 Å². The van der Waals surface area contributed by atoms with Gasteiger partial charge in [-0.05, 0) is 115 Å². The highest BCUT2D eigenvalue weighted by molar-refractivity contribution is 5.98. The van der Waals surface area contributed by atoms with Crippen LogP contribution in [0.2, 0.25) is 0 Å². The Morgan fingerprint density at radius 1 is 0.281 bits per heavy atom. The third kappa shape index (κ3) is 5.41. The van der Waals surface area contributed by atoms with E-state index in [2.05, 4.69) is 235 Å². The van der Waals surface area contributed by atoms with Crippen LogP contribution in [0.5, 0.6) is 23.0 Å². The van der Waals surface area contributed by atoms with Crippen molar-refractivity contribution in [3.8, 4) is 78.6 Å². The number of fused-ring (bicyclic) bond motifs is 13. The lowest BCUT2D eigenvalue weighted by atomic mass is 9.70. The number of anilines is 3. The van der Waals surface area contributed by atoms with Crippen molar-refractivity contribution in [3.05, 3.63) is 259 Å². The van der Waals surface area contributed by atoms with E-state index in [0.717, 1.165) is 50.6 Å². The molecule has 0 radical (unpaired) electrons. The van der Waals surface area contributed by atoms with Crippen molar-refractivity contribution in [1.29, 1.82) is 0 Å². The van der Waals surface area contributed by atoms with Crippen molar-refractivity contribution in [2.24, 2.45) is 0 Å². The molecule has 3 aliphatic rings. The van der Waals surface area contributed by atoms with Crippen molar-refractivity contribution >= 4 is 17.1 Å². The molecule has 1 spiro atoms. The molecule has 3 nitrogen and oxygen atoms in total. The van der Waals surface area contributed by atoms with Crippen molar-refractivity contribution in [3.63, 3.8) is 0 Å². The van der Waals surface area contributed by atoms with Gasteiger partial charge >= 0.3 is 0 Å². The first-order valence-electron chi connectivity index (χ1n) is 21.9. The highest BCUT2D eigenvalue weighted by atomic mass is 16.6. The van der Waals surface area contributed by atoms with Gasteiger partial charge in [0.05, 0.1) is 11.1 Å². The molecule has 0 bridgehead atoms. The van der Waals surface area contributed by atoms with Crippen molar-refractivity contribution in [1.82, 2.24) is 0 Å². The molecule has 0 atom stereocenters. The summed E-state index contributed by atoms with van der Waals surface area (Å²) in [7, 11) is 0. The first-order valence-corrected chi connectivity index (χ1v) is 21.9. The molecular weight excluding hydrogens is 779 g/mol. The van der Waals surface area contributed by atoms with E-state index in [9.17, 15) is 0 Å². The maximum Gasteiger partial charge on any atom is 0.178 e. The van der Waals surface area contributed by atoms with Crippen LogP contribution in [0, 0.1) is 0 Å². The Balaban J connectivity index is 0.971. The second-order valence-electron chi connectivity index (χ2n) is 16.7. The van der Waals surface area contributed by atoms with E-state index in [1.165, 1.54) is 50.1 Å². The largest absolute Gasteiger partial charge is 0.449 e. The topological polar surface area (TPSA) is 21.7 Å². The van der Waals surface area contributed by atoms with Gasteiger partial charge in [-0.15, -0.1) is 0 Å². The van der Waals surface area contributed by atoms with Gasteiger partial charge in [-0.2, -0.15) is 0 Å². The molecule has 300 valence electrons. The monoisotopic (exact) mass is 817 g/mol. The minimum atomic E-state index is -0.481. The van der Waals surface area contributed by atoms with E-state index in [1.807, 2.05) is 6.07 Å². The van der Waals surface area contributed by atoms with E-state index in [4.69, 9.17) is 9.47 Å². The molecule has 1 aliphatic heterocycles. The smallest absolute Gasteiger partial charge is 0.178 e. The first kappa shape index (κ1) is 36.3. The Kier molecular flexibility index (Phi) is 8.13. The lowest BCUT2D eigenvalue weighted by molar-refractivity contribution is 0.360. The van der Waals surface area contributed by atoms with Gasteiger partial charge in [0.2, 0.25) is 0 Å². The predicted octanol–water partition coefficient (Wildman–Crippen LogP) is 16.4. The van der Waals surface area contributed by atoms with E-state index in [0.29, 0.717) is 17.2 Å². The molecule has 10 aromatic carbocycles. The van der Waals surface area contributed by atoms with Gasteiger partial charge in [0.25, 0.3) is 0 Å². The van der Waals surface area contributed by atoms with Gasteiger partial charge in [0.15, 0.2) is 23.0 Å². The Morgan fingerprint density at radius 2 is 0.766 bits per heavy atom. The first-order chi connectivity index (χ1) is 31.7. The van der Waals surface area contributed by atoms with Crippen LogP contribution in [-0.4, -0.2) is 0 Å². The summed E-state index contributed by atoms with van der Waals surface area (Å²) in [5, 5.41) is 0. The molecule has 1 heterocycles. The van der Waals surface area contributed by atoms with Crippen molar-refractivity contribution in [2.45, 2.75) is 5.41 Å². The van der Waals surface area contributed by atoms with E-state index in [-0.39, 0.29) is 0 Å². The quantitative estimate of drug-likeness (QED) is 0.167. The predicted molar refractivity (Wildman–Crippen MR) is 260 cm³/mol. The van der Waals surface area contributed by atoms with Gasteiger partial charge in [0, 0.05) is 23.0 Å². The normalized spacial score (nSPS) is 13.1. The van der Waals surface area contributed by atoms with Crippen LogP contribution < -0.4 is 14.4 Å². The molecule has 0 saturated carbocycles. The molecule has 0 N–H and O–H groups in total. The highest BCUT2D eigenvalue weighted by Crippen LogP contribution is 2.66. The Bertz CT molecular complexity index is 3390. The van der Waals surface area contributed by atoms with E-state index < -0.39 is 5.41 Å². The van der Waals surface area contributed by atoms with Crippen LogP contribution in [-0.2, 0) is 5.41 Å². The summed E-state index contributed by atoms with van der Waals surface area (Å²) in [5.41, 5.74) is 19.4. The minimum Gasteiger partial charge on any atom is -0.449 e. The fourth-order valence-corrected chi connectivity index (χ4v) is 10.6. The second kappa shape index (κ2) is 14.3. The molecule has 0 saturated heterocycles. The number of rotatable bonds is 6. The molecule has 0 amide bonds. The number of hydrogen-bond acceptors (Lipinski definition) is 3. The minimum absolute atomic E-state index is 0.481. The van der Waals surface area contributed by atoms with Gasteiger partial charge in [-0.3, -0.25) is 0 Å². The fraction of sp³-hybridized carbons (Fsp3) is 0.0164. The zero-order valence-electron chi connectivity index (χ0n) is 34.8. The zero-order valence-corrected chi connectivity index (χ0v) is 34.8. The van der Waals surface area contributed by atoms with Crippen LogP contribution in [0.15, 0.2) is 237 Å². The number of nitrogens with zero attached hydrogens (tertiary/aromatic N) is 1. The van der Waals surface area contributed by atoms with Gasteiger partial charge in [-0.1, -0.05) is 188 Å². The zero-order chi connectivity index (χ0) is 42.2. The maximum atomic E-state index is 7.21. The Hall–Kier alpha value is -8.40. The molecule has 0 aromatic heterocycles. The molecule has 3 heteroatoms. The lowest BCUT2D eigenvalue weighted by Crippen LogP contribution is -2.25. The molecule has 10 aromatic rings. The Morgan fingerprint density at radius 3 is 1.42 bits per heavy atom. The van der Waals surface area contributed by atoms with Crippen LogP contribution in [0.3, 0.4) is 0 Å². The average molecular weight is 818 g/mol. The summed E-state index contributed by atoms with van der Waals surface area (Å²) in [4.78, 5) is 2.32. The van der Waals surface area contributed by atoms with Crippen LogP contribution in [0.25, 0.3) is 55.6 Å². The summed E-state index contributed by atoms with van der Waals surface area (Å²) in [6, 6.07) is 84.7. The summed E-state index contributed by atoms with van der Waals surface area (Å²) in [6.07, 6.45) is 0. The fourth-order valence-electron chi connectivity index (χ4n) is 10.6. The Labute approximate surface area is 372 Å². The summed E-state index contributed by atoms with van der Waals surface area (Å²) in [5.74, 6) is 2.80. The second-order valence-corrected chi connectivity index (χ2v) is 16.7. The molecular formula is C61H39NO2. The van der Waals surface area contributed by atoms with Crippen LogP contribution in [0.4, 0.5) is 17.1 Å². The van der Waals surface area contributed by atoms with Crippen LogP contribution in [0.1, 0.15) is 22.3 Å². The summed E-state index contributed by atoms with van der Waals surface area (Å²) < 4.78 is 14.0. The average Bonchev–Trinajstić information content (AvgIpc) is 3.84. The third-order valence-electron chi connectivity index (χ3n) is 13.4. The summed E-state index contributed by atoms with van der Waals surface area (Å²) in [6.45, 7) is 0. The highest BCUT2D eigenvalue weighted by Gasteiger charge is 2.53. The molecule has 0 fully saturated rings. The third-order valence-corrected chi connectivity index (χ3v) is 13.4. The lowest BCUT2D eigenvalue weighted by Gasteiger charge is -2.31. The van der Waals surface area contributed by atoms with E-state index in [1.54, 1.807) is 0 Å². The molecule has 0 unspecified atom stereocenters. The number of ether oxygens (including phenoxy) is 2. The molecule has 2 aliphatic carbocycles. The number of benzene rings is 10. The number of hydrogen-bond donors (Lipinski definition) is 0.